The highest BCUT2D eigenvalue weighted by Crippen LogP contribution is 2.23. The second kappa shape index (κ2) is 8.36. The van der Waals surface area contributed by atoms with Crippen LogP contribution in [0.25, 0.3) is 10.8 Å². The molecular weight excluding hydrogens is 364 g/mol. The van der Waals surface area contributed by atoms with E-state index in [1.54, 1.807) is 41.6 Å². The summed E-state index contributed by atoms with van der Waals surface area (Å²) >= 11 is 1.58. The minimum absolute atomic E-state index is 0.295. The van der Waals surface area contributed by atoms with Gasteiger partial charge in [0.15, 0.2) is 5.96 Å². The van der Waals surface area contributed by atoms with Crippen molar-refractivity contribution >= 4 is 17.3 Å². The highest BCUT2D eigenvalue weighted by molar-refractivity contribution is 7.13. The minimum atomic E-state index is -1.06. The molecule has 0 aliphatic heterocycles. The molecule has 0 saturated heterocycles. The maximum Gasteiger partial charge on any atom is 0.236 e. The Bertz CT molecular complexity index is 881. The summed E-state index contributed by atoms with van der Waals surface area (Å²) < 4.78 is 7.18. The van der Waals surface area contributed by atoms with Crippen molar-refractivity contribution in [3.05, 3.63) is 47.4 Å². The van der Waals surface area contributed by atoms with E-state index in [0.29, 0.717) is 31.5 Å². The molecule has 0 saturated carbocycles. The van der Waals surface area contributed by atoms with Crippen LogP contribution in [-0.4, -0.2) is 38.9 Å². The summed E-state index contributed by atoms with van der Waals surface area (Å²) in [4.78, 5) is 9.98. The van der Waals surface area contributed by atoms with E-state index < -0.39 is 5.60 Å². The van der Waals surface area contributed by atoms with E-state index in [4.69, 9.17) is 4.42 Å². The summed E-state index contributed by atoms with van der Waals surface area (Å²) in [6, 6.07) is 3.93. The Balaban J connectivity index is 1.63. The average molecular weight is 388 g/mol. The third kappa shape index (κ3) is 4.95. The van der Waals surface area contributed by atoms with Crippen LogP contribution in [0.5, 0.6) is 0 Å². The first-order valence-corrected chi connectivity index (χ1v) is 9.58. The van der Waals surface area contributed by atoms with Crippen molar-refractivity contribution in [3.63, 3.8) is 0 Å². The van der Waals surface area contributed by atoms with Gasteiger partial charge in [-0.1, -0.05) is 6.07 Å². The van der Waals surface area contributed by atoms with Crippen LogP contribution >= 0.6 is 11.3 Å². The Labute approximate surface area is 162 Å². The predicted molar refractivity (Wildman–Crippen MR) is 105 cm³/mol. The van der Waals surface area contributed by atoms with Crippen molar-refractivity contribution < 1.29 is 9.52 Å². The van der Waals surface area contributed by atoms with Gasteiger partial charge in [0.05, 0.1) is 24.2 Å². The van der Waals surface area contributed by atoms with Crippen molar-refractivity contribution in [1.29, 1.82) is 0 Å². The number of hydrogen-bond donors (Lipinski definition) is 3. The number of nitrogens with zero attached hydrogens (tertiary/aromatic N) is 4. The van der Waals surface area contributed by atoms with Gasteiger partial charge in [-0.25, -0.2) is 9.98 Å². The smallest absolute Gasteiger partial charge is 0.236 e. The summed E-state index contributed by atoms with van der Waals surface area (Å²) in [5, 5.41) is 23.1. The minimum Gasteiger partial charge on any atom is -0.443 e. The van der Waals surface area contributed by atoms with Gasteiger partial charge < -0.3 is 20.2 Å². The van der Waals surface area contributed by atoms with Crippen LogP contribution in [0.4, 0.5) is 0 Å². The third-order valence-corrected chi connectivity index (χ3v) is 4.81. The Morgan fingerprint density at radius 1 is 1.44 bits per heavy atom. The molecule has 1 atom stereocenters. The van der Waals surface area contributed by atoms with Gasteiger partial charge in [-0.15, -0.1) is 11.3 Å². The standard InChI is InChI=1S/C18H24N6O2S/c1-4-19-17(21-12-18(2,25)13-8-22-24(3)10-13)20-9-14-11-26-16(23-14)15-6-5-7-27-15/h5-8,10-11,25H,4,9,12H2,1-3H3,(H2,19,20,21). The SMILES string of the molecule is CCNC(=NCc1coc(-c2cccs2)n1)NCC(C)(O)c1cnn(C)c1. The third-order valence-electron chi connectivity index (χ3n) is 3.95. The van der Waals surface area contributed by atoms with E-state index in [2.05, 4.69) is 25.7 Å². The zero-order chi connectivity index (χ0) is 19.3. The Hall–Kier alpha value is -2.65. The fourth-order valence-corrected chi connectivity index (χ4v) is 3.11. The molecule has 3 rings (SSSR count). The molecule has 0 fully saturated rings. The molecule has 0 bridgehead atoms. The number of hydrogen-bond acceptors (Lipinski definition) is 6. The maximum atomic E-state index is 10.7. The Morgan fingerprint density at radius 3 is 2.96 bits per heavy atom. The first-order chi connectivity index (χ1) is 13.0. The van der Waals surface area contributed by atoms with E-state index in [1.807, 2.05) is 31.5 Å². The molecule has 3 N–H and O–H groups in total. The lowest BCUT2D eigenvalue weighted by Gasteiger charge is -2.23. The normalized spacial score (nSPS) is 14.1. The molecule has 1 unspecified atom stereocenters. The monoisotopic (exact) mass is 388 g/mol. The zero-order valence-electron chi connectivity index (χ0n) is 15.6. The molecule has 0 aromatic carbocycles. The fraction of sp³-hybridized carbons (Fsp3) is 0.389. The van der Waals surface area contributed by atoms with Gasteiger partial charge in [-0.3, -0.25) is 4.68 Å². The second-order valence-corrected chi connectivity index (χ2v) is 7.29. The van der Waals surface area contributed by atoms with Crippen molar-refractivity contribution in [1.82, 2.24) is 25.4 Å². The lowest BCUT2D eigenvalue weighted by Crippen LogP contribution is -2.44. The number of nitrogens with one attached hydrogen (secondary N) is 2. The van der Waals surface area contributed by atoms with Gasteiger partial charge in [-0.05, 0) is 25.3 Å². The summed E-state index contributed by atoms with van der Waals surface area (Å²) in [5.41, 5.74) is 0.421. The van der Waals surface area contributed by atoms with Crippen molar-refractivity contribution in [3.8, 4) is 10.8 Å². The van der Waals surface area contributed by atoms with Gasteiger partial charge in [0, 0.05) is 25.4 Å². The Kier molecular flexibility index (Phi) is 5.92. The molecule has 9 heteroatoms. The summed E-state index contributed by atoms with van der Waals surface area (Å²) in [7, 11) is 1.82. The van der Waals surface area contributed by atoms with Crippen molar-refractivity contribution in [2.45, 2.75) is 26.0 Å². The first kappa shape index (κ1) is 19.1. The van der Waals surface area contributed by atoms with E-state index in [1.165, 1.54) is 0 Å². The number of rotatable bonds is 7. The largest absolute Gasteiger partial charge is 0.443 e. The highest BCUT2D eigenvalue weighted by Gasteiger charge is 2.25. The molecule has 144 valence electrons. The molecule has 0 radical (unpaired) electrons. The molecular formula is C18H24N6O2S. The predicted octanol–water partition coefficient (Wildman–Crippen LogP) is 2.10. The van der Waals surface area contributed by atoms with Crippen molar-refractivity contribution in [2.75, 3.05) is 13.1 Å². The fourth-order valence-electron chi connectivity index (χ4n) is 2.45. The number of aliphatic hydroxyl groups is 1. The quantitative estimate of drug-likeness (QED) is 0.423. The van der Waals surface area contributed by atoms with Crippen LogP contribution in [0.15, 0.2) is 45.6 Å². The van der Waals surface area contributed by atoms with E-state index in [-0.39, 0.29) is 0 Å². The molecule has 3 aromatic heterocycles. The van der Waals surface area contributed by atoms with Crippen LogP contribution in [-0.2, 0) is 19.2 Å². The molecule has 27 heavy (non-hydrogen) atoms. The van der Waals surface area contributed by atoms with Gasteiger partial charge in [0.1, 0.15) is 17.6 Å². The van der Waals surface area contributed by atoms with Crippen LogP contribution in [0.3, 0.4) is 0 Å². The summed E-state index contributed by atoms with van der Waals surface area (Å²) in [6.07, 6.45) is 5.08. The molecule has 0 aliphatic carbocycles. The lowest BCUT2D eigenvalue weighted by atomic mass is 10.00. The van der Waals surface area contributed by atoms with Crippen molar-refractivity contribution in [2.24, 2.45) is 12.0 Å². The van der Waals surface area contributed by atoms with E-state index in [0.717, 1.165) is 16.1 Å². The number of thiophene rings is 1. The number of aryl methyl sites for hydroxylation is 1. The highest BCUT2D eigenvalue weighted by atomic mass is 32.1. The van der Waals surface area contributed by atoms with Crippen LogP contribution < -0.4 is 10.6 Å². The number of aliphatic imine (C=N–C) groups is 1. The van der Waals surface area contributed by atoms with Crippen LogP contribution in [0.2, 0.25) is 0 Å². The van der Waals surface area contributed by atoms with Gasteiger partial charge >= 0.3 is 0 Å². The summed E-state index contributed by atoms with van der Waals surface area (Å²) in [5.74, 6) is 1.20. The zero-order valence-corrected chi connectivity index (χ0v) is 16.5. The van der Waals surface area contributed by atoms with E-state index in [9.17, 15) is 5.11 Å². The topological polar surface area (TPSA) is 100 Å². The summed E-state index contributed by atoms with van der Waals surface area (Å²) in [6.45, 7) is 5.11. The molecule has 3 heterocycles. The van der Waals surface area contributed by atoms with Crippen LogP contribution in [0.1, 0.15) is 25.1 Å². The van der Waals surface area contributed by atoms with Gasteiger partial charge in [-0.2, -0.15) is 5.10 Å². The van der Waals surface area contributed by atoms with Crippen LogP contribution in [0, 0.1) is 0 Å². The first-order valence-electron chi connectivity index (χ1n) is 8.70. The second-order valence-electron chi connectivity index (χ2n) is 6.35. The average Bonchev–Trinajstić information content (AvgIpc) is 3.37. The number of oxazole rings is 1. The molecule has 3 aromatic rings. The lowest BCUT2D eigenvalue weighted by molar-refractivity contribution is 0.0616. The maximum absolute atomic E-state index is 10.7. The Morgan fingerprint density at radius 2 is 2.30 bits per heavy atom. The van der Waals surface area contributed by atoms with Gasteiger partial charge in [0.25, 0.3) is 0 Å². The molecule has 0 aliphatic rings. The molecule has 0 spiro atoms. The molecule has 0 amide bonds. The van der Waals surface area contributed by atoms with Gasteiger partial charge in [0.2, 0.25) is 5.89 Å². The molecule has 8 nitrogen and oxygen atoms in total. The van der Waals surface area contributed by atoms with E-state index >= 15 is 0 Å². The number of guanidine groups is 1. The number of aromatic nitrogens is 3.